The van der Waals surface area contributed by atoms with Crippen LogP contribution in [0.15, 0.2) is 46.9 Å². The molecule has 1 N–H and O–H groups in total. The molecule has 0 saturated heterocycles. The van der Waals surface area contributed by atoms with Crippen molar-refractivity contribution in [3.8, 4) is 0 Å². The van der Waals surface area contributed by atoms with Crippen LogP contribution in [-0.2, 0) is 0 Å². The standard InChI is InChI=1S/C14H12BrClFN/c1-9(11-4-2-3-5-12(11)15)18-10-6-7-14(17)13(16)8-10/h2-9,18H,1H3. The summed E-state index contributed by atoms with van der Waals surface area (Å²) in [6.45, 7) is 2.04. The van der Waals surface area contributed by atoms with E-state index < -0.39 is 5.82 Å². The first-order valence-electron chi connectivity index (χ1n) is 5.54. The minimum absolute atomic E-state index is 0.0992. The first-order chi connectivity index (χ1) is 8.58. The van der Waals surface area contributed by atoms with Crippen LogP contribution in [0.5, 0.6) is 0 Å². The van der Waals surface area contributed by atoms with E-state index >= 15 is 0 Å². The molecule has 0 saturated carbocycles. The van der Waals surface area contributed by atoms with Crippen LogP contribution in [0.4, 0.5) is 10.1 Å². The predicted molar refractivity (Wildman–Crippen MR) is 77.6 cm³/mol. The second-order valence-corrected chi connectivity index (χ2v) is 5.28. The summed E-state index contributed by atoms with van der Waals surface area (Å²) >= 11 is 9.26. The van der Waals surface area contributed by atoms with Gasteiger partial charge in [0.25, 0.3) is 0 Å². The molecular weight excluding hydrogens is 317 g/mol. The molecule has 0 aromatic heterocycles. The van der Waals surface area contributed by atoms with E-state index in [1.807, 2.05) is 31.2 Å². The lowest BCUT2D eigenvalue weighted by Crippen LogP contribution is -2.07. The van der Waals surface area contributed by atoms with Gasteiger partial charge < -0.3 is 5.32 Å². The second-order valence-electron chi connectivity index (χ2n) is 4.02. The van der Waals surface area contributed by atoms with Crippen molar-refractivity contribution in [1.82, 2.24) is 0 Å². The molecule has 0 aliphatic carbocycles. The van der Waals surface area contributed by atoms with Gasteiger partial charge in [-0.15, -0.1) is 0 Å². The summed E-state index contributed by atoms with van der Waals surface area (Å²) in [6, 6.07) is 12.7. The molecule has 2 rings (SSSR count). The SMILES string of the molecule is CC(Nc1ccc(F)c(Cl)c1)c1ccccc1Br. The highest BCUT2D eigenvalue weighted by molar-refractivity contribution is 9.10. The molecule has 0 heterocycles. The largest absolute Gasteiger partial charge is 0.378 e. The summed E-state index contributed by atoms with van der Waals surface area (Å²) in [4.78, 5) is 0. The van der Waals surface area contributed by atoms with Gasteiger partial charge in [0, 0.05) is 16.2 Å². The smallest absolute Gasteiger partial charge is 0.141 e. The van der Waals surface area contributed by atoms with E-state index in [-0.39, 0.29) is 11.1 Å². The first kappa shape index (κ1) is 13.4. The third kappa shape index (κ3) is 3.03. The molecule has 1 nitrogen and oxygen atoms in total. The zero-order chi connectivity index (χ0) is 13.1. The Morgan fingerprint density at radius 1 is 1.22 bits per heavy atom. The lowest BCUT2D eigenvalue weighted by atomic mass is 10.1. The molecule has 1 unspecified atom stereocenters. The summed E-state index contributed by atoms with van der Waals surface area (Å²) in [5.41, 5.74) is 1.93. The lowest BCUT2D eigenvalue weighted by Gasteiger charge is -2.17. The molecule has 0 amide bonds. The van der Waals surface area contributed by atoms with Crippen LogP contribution in [0.2, 0.25) is 5.02 Å². The van der Waals surface area contributed by atoms with E-state index in [1.165, 1.54) is 6.07 Å². The van der Waals surface area contributed by atoms with Gasteiger partial charge in [-0.25, -0.2) is 4.39 Å². The average Bonchev–Trinajstić information content (AvgIpc) is 2.34. The molecule has 18 heavy (non-hydrogen) atoms. The number of benzene rings is 2. The minimum atomic E-state index is -0.407. The Balaban J connectivity index is 2.19. The molecular formula is C14H12BrClFN. The topological polar surface area (TPSA) is 12.0 Å². The first-order valence-corrected chi connectivity index (χ1v) is 6.71. The normalized spacial score (nSPS) is 12.2. The summed E-state index contributed by atoms with van der Waals surface area (Å²) in [5.74, 6) is -0.407. The van der Waals surface area contributed by atoms with Crippen molar-refractivity contribution in [2.45, 2.75) is 13.0 Å². The fourth-order valence-electron chi connectivity index (χ4n) is 1.74. The summed E-state index contributed by atoms with van der Waals surface area (Å²) in [7, 11) is 0. The molecule has 0 fully saturated rings. The summed E-state index contributed by atoms with van der Waals surface area (Å²) < 4.78 is 14.1. The summed E-state index contributed by atoms with van der Waals surface area (Å²) in [6.07, 6.45) is 0. The molecule has 4 heteroatoms. The number of halogens is 3. The van der Waals surface area contributed by atoms with Crippen molar-refractivity contribution in [1.29, 1.82) is 0 Å². The minimum Gasteiger partial charge on any atom is -0.378 e. The van der Waals surface area contributed by atoms with Crippen molar-refractivity contribution < 1.29 is 4.39 Å². The van der Waals surface area contributed by atoms with Crippen molar-refractivity contribution in [3.05, 3.63) is 63.3 Å². The molecule has 94 valence electrons. The van der Waals surface area contributed by atoms with Gasteiger partial charge in [-0.3, -0.25) is 0 Å². The number of hydrogen-bond donors (Lipinski definition) is 1. The third-order valence-corrected chi connectivity index (χ3v) is 3.69. The molecule has 0 spiro atoms. The van der Waals surface area contributed by atoms with Crippen LogP contribution in [0.25, 0.3) is 0 Å². The van der Waals surface area contributed by atoms with E-state index in [2.05, 4.69) is 21.2 Å². The van der Waals surface area contributed by atoms with Crippen LogP contribution >= 0.6 is 27.5 Å². The van der Waals surface area contributed by atoms with Crippen LogP contribution in [0, 0.1) is 5.82 Å². The Bertz CT molecular complexity index is 559. The quantitative estimate of drug-likeness (QED) is 0.794. The highest BCUT2D eigenvalue weighted by Crippen LogP contribution is 2.27. The molecule has 0 bridgehead atoms. The van der Waals surface area contributed by atoms with Gasteiger partial charge in [-0.05, 0) is 36.8 Å². The number of nitrogens with one attached hydrogen (secondary N) is 1. The van der Waals surface area contributed by atoms with Crippen LogP contribution in [0.1, 0.15) is 18.5 Å². The monoisotopic (exact) mass is 327 g/mol. The van der Waals surface area contributed by atoms with Crippen molar-refractivity contribution >= 4 is 33.2 Å². The second kappa shape index (κ2) is 5.72. The van der Waals surface area contributed by atoms with Crippen molar-refractivity contribution in [3.63, 3.8) is 0 Å². The molecule has 0 aliphatic heterocycles. The third-order valence-electron chi connectivity index (χ3n) is 2.67. The highest BCUT2D eigenvalue weighted by Gasteiger charge is 2.09. The van der Waals surface area contributed by atoms with Crippen molar-refractivity contribution in [2.24, 2.45) is 0 Å². The fourth-order valence-corrected chi connectivity index (χ4v) is 2.55. The molecule has 2 aromatic carbocycles. The maximum atomic E-state index is 13.1. The van der Waals surface area contributed by atoms with Gasteiger partial charge in [0.15, 0.2) is 0 Å². The molecule has 0 aliphatic rings. The average molecular weight is 329 g/mol. The number of anilines is 1. The maximum absolute atomic E-state index is 13.1. The zero-order valence-corrected chi connectivity index (χ0v) is 12.1. The van der Waals surface area contributed by atoms with E-state index in [0.29, 0.717) is 0 Å². The van der Waals surface area contributed by atoms with E-state index in [0.717, 1.165) is 15.7 Å². The zero-order valence-electron chi connectivity index (χ0n) is 9.75. The lowest BCUT2D eigenvalue weighted by molar-refractivity contribution is 0.628. The Morgan fingerprint density at radius 2 is 1.94 bits per heavy atom. The Morgan fingerprint density at radius 3 is 2.61 bits per heavy atom. The van der Waals surface area contributed by atoms with Crippen LogP contribution in [0.3, 0.4) is 0 Å². The van der Waals surface area contributed by atoms with Gasteiger partial charge in [0.05, 0.1) is 5.02 Å². The Labute approximate surface area is 119 Å². The fraction of sp³-hybridized carbons (Fsp3) is 0.143. The number of rotatable bonds is 3. The van der Waals surface area contributed by atoms with Crippen LogP contribution in [-0.4, -0.2) is 0 Å². The summed E-state index contributed by atoms with van der Waals surface area (Å²) in [5, 5.41) is 3.41. The van der Waals surface area contributed by atoms with Gasteiger partial charge in [-0.1, -0.05) is 45.7 Å². The molecule has 1 atom stereocenters. The van der Waals surface area contributed by atoms with Gasteiger partial charge in [0.1, 0.15) is 5.82 Å². The predicted octanol–water partition coefficient (Wildman–Crippen LogP) is 5.41. The van der Waals surface area contributed by atoms with Crippen LogP contribution < -0.4 is 5.32 Å². The Kier molecular flexibility index (Phi) is 4.25. The van der Waals surface area contributed by atoms with Crippen molar-refractivity contribution in [2.75, 3.05) is 5.32 Å². The molecule has 2 aromatic rings. The molecule has 0 radical (unpaired) electrons. The van der Waals surface area contributed by atoms with Gasteiger partial charge >= 0.3 is 0 Å². The maximum Gasteiger partial charge on any atom is 0.141 e. The van der Waals surface area contributed by atoms with E-state index in [1.54, 1.807) is 12.1 Å². The Hall–Kier alpha value is -1.06. The van der Waals surface area contributed by atoms with E-state index in [4.69, 9.17) is 11.6 Å². The van der Waals surface area contributed by atoms with Gasteiger partial charge in [-0.2, -0.15) is 0 Å². The highest BCUT2D eigenvalue weighted by atomic mass is 79.9. The van der Waals surface area contributed by atoms with Gasteiger partial charge in [0.2, 0.25) is 0 Å². The van der Waals surface area contributed by atoms with E-state index in [9.17, 15) is 4.39 Å². The number of hydrogen-bond acceptors (Lipinski definition) is 1.